The number of hydrogen-bond acceptors (Lipinski definition) is 2. The van der Waals surface area contributed by atoms with Crippen molar-refractivity contribution >= 4 is 38.3 Å². The van der Waals surface area contributed by atoms with Gasteiger partial charge in [0.15, 0.2) is 0 Å². The fourth-order valence-electron chi connectivity index (χ4n) is 2.28. The van der Waals surface area contributed by atoms with E-state index in [0.717, 1.165) is 15.4 Å². The van der Waals surface area contributed by atoms with Crippen molar-refractivity contribution in [2.24, 2.45) is 0 Å². The van der Waals surface area contributed by atoms with Crippen molar-refractivity contribution in [2.75, 3.05) is 0 Å². The first-order valence-electron chi connectivity index (χ1n) is 7.13. The summed E-state index contributed by atoms with van der Waals surface area (Å²) < 4.78 is 0.860. The minimum absolute atomic E-state index is 0.215. The summed E-state index contributed by atoms with van der Waals surface area (Å²) in [5.74, 6) is -0.215. The molecule has 0 aromatic heterocycles. The quantitative estimate of drug-likeness (QED) is 0.667. The van der Waals surface area contributed by atoms with Gasteiger partial charge in [0.2, 0.25) is 0 Å². The molecular weight excluding hydrogens is 352 g/mol. The number of rotatable bonds is 4. The Balaban J connectivity index is 1.69. The topological polar surface area (TPSA) is 41.1 Å². The molecule has 0 aliphatic heterocycles. The number of benzene rings is 3. The Morgan fingerprint density at radius 3 is 2.39 bits per heavy atom. The third-order valence-corrected chi connectivity index (χ3v) is 4.00. The zero-order chi connectivity index (χ0) is 16.2. The maximum Gasteiger partial charge on any atom is 0.269 e. The van der Waals surface area contributed by atoms with Gasteiger partial charge in [-0.2, -0.15) is 0 Å². The summed E-state index contributed by atoms with van der Waals surface area (Å²) in [5.41, 5.74) is 7.67. The van der Waals surface area contributed by atoms with Gasteiger partial charge in [0.1, 0.15) is 0 Å². The summed E-state index contributed by atoms with van der Waals surface area (Å²) in [7, 11) is 0. The van der Waals surface area contributed by atoms with Crippen molar-refractivity contribution in [3.8, 4) is 0 Å². The van der Waals surface area contributed by atoms with Crippen LogP contribution in [0.1, 0.15) is 15.9 Å². The van der Waals surface area contributed by atoms with Gasteiger partial charge in [-0.15, -0.1) is 0 Å². The van der Waals surface area contributed by atoms with E-state index in [0.29, 0.717) is 11.3 Å². The molecule has 0 aliphatic carbocycles. The van der Waals surface area contributed by atoms with Crippen molar-refractivity contribution in [1.82, 2.24) is 10.9 Å². The Bertz CT molecular complexity index is 889. The summed E-state index contributed by atoms with van der Waals surface area (Å²) in [6.07, 6.45) is 0. The molecule has 0 saturated heterocycles. The van der Waals surface area contributed by atoms with Crippen molar-refractivity contribution < 1.29 is 4.79 Å². The van der Waals surface area contributed by atoms with Crippen LogP contribution in [0.4, 0.5) is 0 Å². The van der Waals surface area contributed by atoms with Gasteiger partial charge in [-0.05, 0) is 40.6 Å². The van der Waals surface area contributed by atoms with Crippen LogP contribution in [-0.2, 0) is 0 Å². The highest BCUT2D eigenvalue weighted by atomic mass is 79.9. The number of fused-ring (bicyclic) bond motifs is 1. The smallest absolute Gasteiger partial charge is 0.269 e. The van der Waals surface area contributed by atoms with E-state index >= 15 is 0 Å². The molecule has 3 rings (SSSR count). The summed E-state index contributed by atoms with van der Waals surface area (Å²) in [5, 5.41) is 2.30. The highest BCUT2D eigenvalue weighted by Crippen LogP contribution is 2.18. The zero-order valence-electron chi connectivity index (χ0n) is 12.3. The summed E-state index contributed by atoms with van der Waals surface area (Å²) in [6.45, 7) is 3.98. The fraction of sp³-hybridized carbons (Fsp3) is 0. The van der Waals surface area contributed by atoms with E-state index in [-0.39, 0.29) is 5.91 Å². The third kappa shape index (κ3) is 3.60. The predicted octanol–water partition coefficient (Wildman–Crippen LogP) is 4.51. The van der Waals surface area contributed by atoms with E-state index in [1.807, 2.05) is 48.5 Å². The van der Waals surface area contributed by atoms with E-state index < -0.39 is 0 Å². The highest BCUT2D eigenvalue weighted by Gasteiger charge is 2.06. The highest BCUT2D eigenvalue weighted by molar-refractivity contribution is 9.10. The van der Waals surface area contributed by atoms with E-state index in [4.69, 9.17) is 0 Å². The minimum Gasteiger partial charge on any atom is -0.298 e. The van der Waals surface area contributed by atoms with Crippen LogP contribution in [0.15, 0.2) is 77.8 Å². The number of amides is 1. The lowest BCUT2D eigenvalue weighted by molar-refractivity contribution is 0.0942. The molecule has 0 unspecified atom stereocenters. The molecule has 114 valence electrons. The molecule has 4 heteroatoms. The molecule has 3 aromatic rings. The first kappa shape index (κ1) is 15.3. The normalized spacial score (nSPS) is 10.3. The molecule has 2 N–H and O–H groups in total. The number of carbonyl (C=O) groups excluding carboxylic acids is 1. The average molecular weight is 367 g/mol. The van der Waals surface area contributed by atoms with Gasteiger partial charge in [-0.3, -0.25) is 15.6 Å². The fourth-order valence-corrected chi connectivity index (χ4v) is 2.68. The molecule has 0 aliphatic rings. The molecular formula is C19H15BrN2O. The molecule has 23 heavy (non-hydrogen) atoms. The lowest BCUT2D eigenvalue weighted by Crippen LogP contribution is -2.35. The second kappa shape index (κ2) is 6.67. The number of hydrogen-bond donors (Lipinski definition) is 2. The van der Waals surface area contributed by atoms with Gasteiger partial charge >= 0.3 is 0 Å². The van der Waals surface area contributed by atoms with Crippen LogP contribution < -0.4 is 10.9 Å². The minimum atomic E-state index is -0.215. The van der Waals surface area contributed by atoms with Crippen LogP contribution >= 0.6 is 15.9 Å². The number of halogens is 1. The largest absolute Gasteiger partial charge is 0.298 e. The van der Waals surface area contributed by atoms with Gasteiger partial charge < -0.3 is 0 Å². The van der Waals surface area contributed by atoms with Gasteiger partial charge in [0.25, 0.3) is 5.91 Å². The predicted molar refractivity (Wildman–Crippen MR) is 97.7 cm³/mol. The molecule has 0 spiro atoms. The second-order valence-electron chi connectivity index (χ2n) is 5.13. The first-order chi connectivity index (χ1) is 11.1. The lowest BCUT2D eigenvalue weighted by atomic mass is 10.1. The zero-order valence-corrected chi connectivity index (χ0v) is 13.9. The van der Waals surface area contributed by atoms with Crippen molar-refractivity contribution in [3.63, 3.8) is 0 Å². The van der Waals surface area contributed by atoms with E-state index in [1.165, 1.54) is 5.39 Å². The molecule has 0 heterocycles. The lowest BCUT2D eigenvalue weighted by Gasteiger charge is -2.12. The van der Waals surface area contributed by atoms with Crippen LogP contribution in [0.25, 0.3) is 16.5 Å². The van der Waals surface area contributed by atoms with Gasteiger partial charge in [0.05, 0.1) is 5.70 Å². The van der Waals surface area contributed by atoms with Crippen LogP contribution in [0.5, 0.6) is 0 Å². The molecule has 0 radical (unpaired) electrons. The maximum atomic E-state index is 12.1. The Labute approximate surface area is 143 Å². The monoisotopic (exact) mass is 366 g/mol. The number of nitrogens with one attached hydrogen (secondary N) is 2. The van der Waals surface area contributed by atoms with E-state index in [2.05, 4.69) is 39.4 Å². The van der Waals surface area contributed by atoms with Crippen LogP contribution in [0, 0.1) is 0 Å². The van der Waals surface area contributed by atoms with Gasteiger partial charge in [-0.1, -0.05) is 65.0 Å². The standard InChI is InChI=1S/C19H15BrN2O/c1-13(15-10-9-14-5-2-3-6-16(14)11-15)21-22-19(23)17-7-4-8-18(20)12-17/h2-12,21H,1H2,(H,22,23). The SMILES string of the molecule is C=C(NNC(=O)c1cccc(Br)c1)c1ccc2ccccc2c1. The Hall–Kier alpha value is -2.59. The van der Waals surface area contributed by atoms with Crippen LogP contribution in [0.2, 0.25) is 0 Å². The second-order valence-corrected chi connectivity index (χ2v) is 6.05. The van der Waals surface area contributed by atoms with Crippen molar-refractivity contribution in [2.45, 2.75) is 0 Å². The molecule has 0 saturated carbocycles. The Morgan fingerprint density at radius 2 is 1.61 bits per heavy atom. The first-order valence-corrected chi connectivity index (χ1v) is 7.93. The van der Waals surface area contributed by atoms with Crippen LogP contribution in [0.3, 0.4) is 0 Å². The van der Waals surface area contributed by atoms with Crippen molar-refractivity contribution in [1.29, 1.82) is 0 Å². The maximum absolute atomic E-state index is 12.1. The Morgan fingerprint density at radius 1 is 0.826 bits per heavy atom. The molecule has 0 bridgehead atoms. The average Bonchev–Trinajstić information content (AvgIpc) is 2.59. The van der Waals surface area contributed by atoms with E-state index in [9.17, 15) is 4.79 Å². The summed E-state index contributed by atoms with van der Waals surface area (Å²) in [4.78, 5) is 12.1. The van der Waals surface area contributed by atoms with Gasteiger partial charge in [-0.25, -0.2) is 0 Å². The third-order valence-electron chi connectivity index (χ3n) is 3.51. The molecule has 0 atom stereocenters. The summed E-state index contributed by atoms with van der Waals surface area (Å²) in [6, 6.07) is 21.4. The van der Waals surface area contributed by atoms with Crippen molar-refractivity contribution in [3.05, 3.63) is 88.9 Å². The number of hydrazine groups is 1. The molecule has 0 fully saturated rings. The molecule has 3 nitrogen and oxygen atoms in total. The van der Waals surface area contributed by atoms with E-state index in [1.54, 1.807) is 12.1 Å². The molecule has 3 aromatic carbocycles. The van der Waals surface area contributed by atoms with Gasteiger partial charge in [0, 0.05) is 10.0 Å². The Kier molecular flexibility index (Phi) is 4.44. The molecule has 1 amide bonds. The summed E-state index contributed by atoms with van der Waals surface area (Å²) >= 11 is 3.35. The number of carbonyl (C=O) groups is 1. The van der Waals surface area contributed by atoms with Crippen LogP contribution in [-0.4, -0.2) is 5.91 Å².